The van der Waals surface area contributed by atoms with Crippen LogP contribution in [-0.2, 0) is 0 Å². The molecule has 4 aromatic rings. The van der Waals surface area contributed by atoms with Crippen molar-refractivity contribution in [1.29, 1.82) is 0 Å². The summed E-state index contributed by atoms with van der Waals surface area (Å²) < 4.78 is 5.85. The number of nitrogen functional groups attached to an aromatic ring is 1. The van der Waals surface area contributed by atoms with Gasteiger partial charge in [-0.3, -0.25) is 4.79 Å². The van der Waals surface area contributed by atoms with E-state index in [9.17, 15) is 4.79 Å². The third-order valence-electron chi connectivity index (χ3n) is 3.81. The minimum Gasteiger partial charge on any atom is -0.455 e. The van der Waals surface area contributed by atoms with Crippen LogP contribution in [0.25, 0.3) is 21.6 Å². The SMILES string of the molecule is Cc1ccc(Nc2nc(N)c(-c3cc(=O)c4ccccc4o3)s2)cc1. The Morgan fingerprint density at radius 2 is 1.88 bits per heavy atom. The number of nitrogens with two attached hydrogens (primary N) is 1. The maximum Gasteiger partial charge on any atom is 0.193 e. The first-order valence-corrected chi connectivity index (χ1v) is 8.55. The Bertz CT molecular complexity index is 1110. The lowest BCUT2D eigenvalue weighted by atomic mass is 10.2. The van der Waals surface area contributed by atoms with E-state index in [1.165, 1.54) is 23.0 Å². The molecular weight excluding hydrogens is 334 g/mol. The Morgan fingerprint density at radius 1 is 1.12 bits per heavy atom. The zero-order chi connectivity index (χ0) is 17.4. The maximum atomic E-state index is 12.3. The van der Waals surface area contributed by atoms with Crippen molar-refractivity contribution in [2.24, 2.45) is 0 Å². The van der Waals surface area contributed by atoms with E-state index in [2.05, 4.69) is 10.3 Å². The molecule has 0 amide bonds. The van der Waals surface area contributed by atoms with Crippen molar-refractivity contribution < 1.29 is 4.42 Å². The fourth-order valence-corrected chi connectivity index (χ4v) is 3.40. The third-order valence-corrected chi connectivity index (χ3v) is 4.82. The van der Waals surface area contributed by atoms with Crippen LogP contribution >= 0.6 is 11.3 Å². The van der Waals surface area contributed by atoms with Crippen LogP contribution < -0.4 is 16.5 Å². The molecule has 5 nitrogen and oxygen atoms in total. The van der Waals surface area contributed by atoms with E-state index in [4.69, 9.17) is 10.2 Å². The molecule has 0 unspecified atom stereocenters. The first-order chi connectivity index (χ1) is 12.1. The highest BCUT2D eigenvalue weighted by Crippen LogP contribution is 2.36. The molecule has 0 bridgehead atoms. The van der Waals surface area contributed by atoms with Crippen molar-refractivity contribution in [3.63, 3.8) is 0 Å². The van der Waals surface area contributed by atoms with Gasteiger partial charge < -0.3 is 15.5 Å². The molecule has 0 aliphatic rings. The van der Waals surface area contributed by atoms with Crippen LogP contribution in [0.15, 0.2) is 63.8 Å². The third kappa shape index (κ3) is 2.99. The Morgan fingerprint density at radius 3 is 2.68 bits per heavy atom. The molecule has 0 spiro atoms. The second-order valence-electron chi connectivity index (χ2n) is 5.70. The second kappa shape index (κ2) is 6.07. The average molecular weight is 349 g/mol. The average Bonchev–Trinajstić information content (AvgIpc) is 2.97. The molecule has 124 valence electrons. The lowest BCUT2D eigenvalue weighted by molar-refractivity contribution is 0.621. The van der Waals surface area contributed by atoms with Crippen molar-refractivity contribution in [1.82, 2.24) is 4.98 Å². The molecule has 4 rings (SSSR count). The van der Waals surface area contributed by atoms with Crippen molar-refractivity contribution >= 4 is 38.9 Å². The minimum atomic E-state index is -0.0994. The van der Waals surface area contributed by atoms with Crippen LogP contribution in [0.5, 0.6) is 0 Å². The van der Waals surface area contributed by atoms with Crippen molar-refractivity contribution in [2.45, 2.75) is 6.92 Å². The number of aromatic nitrogens is 1. The van der Waals surface area contributed by atoms with E-state index < -0.39 is 0 Å². The molecule has 25 heavy (non-hydrogen) atoms. The molecule has 6 heteroatoms. The second-order valence-corrected chi connectivity index (χ2v) is 6.69. The Labute approximate surface area is 147 Å². The molecule has 0 atom stereocenters. The molecule has 3 N–H and O–H groups in total. The van der Waals surface area contributed by atoms with E-state index in [-0.39, 0.29) is 5.43 Å². The summed E-state index contributed by atoms with van der Waals surface area (Å²) in [6.45, 7) is 2.03. The molecule has 0 saturated carbocycles. The predicted molar refractivity (Wildman–Crippen MR) is 102 cm³/mol. The van der Waals surface area contributed by atoms with Crippen LogP contribution in [0.3, 0.4) is 0 Å². The first kappa shape index (κ1) is 15.4. The number of hydrogen-bond donors (Lipinski definition) is 2. The van der Waals surface area contributed by atoms with Gasteiger partial charge in [0.15, 0.2) is 16.3 Å². The van der Waals surface area contributed by atoms with Gasteiger partial charge in [0.05, 0.1) is 5.39 Å². The van der Waals surface area contributed by atoms with Crippen LogP contribution in [0.1, 0.15) is 5.56 Å². The summed E-state index contributed by atoms with van der Waals surface area (Å²) in [4.78, 5) is 17.3. The van der Waals surface area contributed by atoms with Crippen LogP contribution in [0, 0.1) is 6.92 Å². The van der Waals surface area contributed by atoms with Gasteiger partial charge in [0.25, 0.3) is 0 Å². The topological polar surface area (TPSA) is 81.1 Å². The fourth-order valence-electron chi connectivity index (χ4n) is 2.54. The smallest absolute Gasteiger partial charge is 0.193 e. The van der Waals surface area contributed by atoms with Gasteiger partial charge in [-0.15, -0.1) is 0 Å². The molecule has 0 aliphatic carbocycles. The molecule has 0 saturated heterocycles. The monoisotopic (exact) mass is 349 g/mol. The maximum absolute atomic E-state index is 12.3. The van der Waals surface area contributed by atoms with E-state index in [0.29, 0.717) is 32.6 Å². The van der Waals surface area contributed by atoms with E-state index in [1.54, 1.807) is 12.1 Å². The van der Waals surface area contributed by atoms with Crippen LogP contribution in [0.2, 0.25) is 0 Å². The number of nitrogens with one attached hydrogen (secondary N) is 1. The number of anilines is 3. The largest absolute Gasteiger partial charge is 0.455 e. The number of nitrogens with zero attached hydrogens (tertiary/aromatic N) is 1. The summed E-state index contributed by atoms with van der Waals surface area (Å²) in [5.74, 6) is 0.758. The predicted octanol–water partition coefficient (Wildman–Crippen LogP) is 4.55. The van der Waals surface area contributed by atoms with Gasteiger partial charge in [-0.1, -0.05) is 41.2 Å². The minimum absolute atomic E-state index is 0.0994. The van der Waals surface area contributed by atoms with Gasteiger partial charge in [0.1, 0.15) is 16.3 Å². The van der Waals surface area contributed by atoms with Gasteiger partial charge in [-0.05, 0) is 31.2 Å². The van der Waals surface area contributed by atoms with Crippen molar-refractivity contribution in [3.05, 3.63) is 70.4 Å². The molecule has 0 radical (unpaired) electrons. The number of para-hydroxylation sites is 1. The lowest BCUT2D eigenvalue weighted by Gasteiger charge is -2.02. The molecule has 2 heterocycles. The van der Waals surface area contributed by atoms with Crippen LogP contribution in [-0.4, -0.2) is 4.98 Å². The fraction of sp³-hybridized carbons (Fsp3) is 0.0526. The highest BCUT2D eigenvalue weighted by molar-refractivity contribution is 7.19. The summed E-state index contributed by atoms with van der Waals surface area (Å²) in [5.41, 5.74) is 8.58. The zero-order valence-electron chi connectivity index (χ0n) is 13.4. The van der Waals surface area contributed by atoms with Gasteiger partial charge in [0, 0.05) is 11.8 Å². The Balaban J connectivity index is 1.73. The van der Waals surface area contributed by atoms with E-state index in [0.717, 1.165) is 5.69 Å². The molecule has 0 fully saturated rings. The standard InChI is InChI=1S/C19H15N3O2S/c1-11-6-8-12(9-7-11)21-19-22-18(20)17(25-19)16-10-14(23)13-4-2-3-5-15(13)24-16/h2-10H,20H2,1H3,(H,21,22). The van der Waals surface area contributed by atoms with E-state index >= 15 is 0 Å². The first-order valence-electron chi connectivity index (χ1n) is 7.73. The quantitative estimate of drug-likeness (QED) is 0.567. The molecule has 0 aliphatic heterocycles. The summed E-state index contributed by atoms with van der Waals surface area (Å²) in [7, 11) is 0. The molecular formula is C19H15N3O2S. The normalized spacial score (nSPS) is 10.9. The van der Waals surface area contributed by atoms with Gasteiger partial charge in [0.2, 0.25) is 0 Å². The zero-order valence-corrected chi connectivity index (χ0v) is 14.3. The number of aryl methyl sites for hydroxylation is 1. The highest BCUT2D eigenvalue weighted by atomic mass is 32.1. The Kier molecular flexibility index (Phi) is 3.74. The summed E-state index contributed by atoms with van der Waals surface area (Å²) in [6, 6.07) is 16.6. The van der Waals surface area contributed by atoms with Gasteiger partial charge >= 0.3 is 0 Å². The van der Waals surface area contributed by atoms with Crippen LogP contribution in [0.4, 0.5) is 16.6 Å². The van der Waals surface area contributed by atoms with Crippen molar-refractivity contribution in [2.75, 3.05) is 11.1 Å². The van der Waals surface area contributed by atoms with Gasteiger partial charge in [-0.25, -0.2) is 4.98 Å². The van der Waals surface area contributed by atoms with E-state index in [1.807, 2.05) is 43.3 Å². The summed E-state index contributed by atoms with van der Waals surface area (Å²) >= 11 is 1.35. The summed E-state index contributed by atoms with van der Waals surface area (Å²) in [6.07, 6.45) is 0. The number of fused-ring (bicyclic) bond motifs is 1. The molecule has 2 aromatic carbocycles. The number of thiazole rings is 1. The summed E-state index contributed by atoms with van der Waals surface area (Å²) in [5, 5.41) is 4.42. The van der Waals surface area contributed by atoms with Gasteiger partial charge in [-0.2, -0.15) is 0 Å². The highest BCUT2D eigenvalue weighted by Gasteiger charge is 2.15. The molecule has 2 aromatic heterocycles. The lowest BCUT2D eigenvalue weighted by Crippen LogP contribution is -2.00. The number of rotatable bonds is 3. The number of hydrogen-bond acceptors (Lipinski definition) is 6. The van der Waals surface area contributed by atoms with Crippen molar-refractivity contribution in [3.8, 4) is 10.6 Å². The Hall–Kier alpha value is -3.12. The number of benzene rings is 2.